The molecule has 46 heavy (non-hydrogen) atoms. The molecule has 2 heterocycles. The first kappa shape index (κ1) is 33.1. The van der Waals surface area contributed by atoms with Crippen molar-refractivity contribution in [1.29, 1.82) is 0 Å². The van der Waals surface area contributed by atoms with Crippen molar-refractivity contribution >= 4 is 35.6 Å². The minimum absolute atomic E-state index is 0.0139. The second kappa shape index (κ2) is 14.0. The molecule has 246 valence electrons. The fraction of sp³-hybridized carbons (Fsp3) is 0.543. The van der Waals surface area contributed by atoms with Crippen LogP contribution >= 0.6 is 0 Å². The van der Waals surface area contributed by atoms with Crippen molar-refractivity contribution in [3.05, 3.63) is 53.6 Å². The molecule has 11 nitrogen and oxygen atoms in total. The number of carboxylic acid groups (broad SMARTS) is 2. The second-order valence-corrected chi connectivity index (χ2v) is 12.9. The van der Waals surface area contributed by atoms with Gasteiger partial charge >= 0.3 is 11.9 Å². The van der Waals surface area contributed by atoms with Gasteiger partial charge in [0.1, 0.15) is 5.75 Å². The lowest BCUT2D eigenvalue weighted by molar-refractivity contribution is -0.142. The van der Waals surface area contributed by atoms with Crippen molar-refractivity contribution in [2.45, 2.75) is 76.5 Å². The predicted molar refractivity (Wildman–Crippen MR) is 165 cm³/mol. The van der Waals surface area contributed by atoms with Crippen molar-refractivity contribution in [3.8, 4) is 5.75 Å². The lowest BCUT2D eigenvalue weighted by Gasteiger charge is -2.44. The van der Waals surface area contributed by atoms with E-state index in [1.807, 2.05) is 6.08 Å². The summed E-state index contributed by atoms with van der Waals surface area (Å²) in [7, 11) is 0. The molecular weight excluding hydrogens is 592 g/mol. The highest BCUT2D eigenvalue weighted by atomic mass is 16.4. The topological polar surface area (TPSA) is 170 Å². The van der Waals surface area contributed by atoms with Crippen LogP contribution in [0.4, 0.5) is 0 Å². The Balaban J connectivity index is 1.45. The highest BCUT2D eigenvalue weighted by Gasteiger charge is 2.62. The number of aliphatic carboxylic acids is 2. The van der Waals surface area contributed by atoms with Crippen molar-refractivity contribution in [3.63, 3.8) is 0 Å². The number of allylic oxidation sites excluding steroid dienone is 3. The largest absolute Gasteiger partial charge is 0.507 e. The second-order valence-electron chi connectivity index (χ2n) is 12.9. The molecule has 1 aromatic rings. The SMILES string of the molecule is C=CCc1cccc(C2C3=CCC4C(=O)N(CCCCCC(=O)O)C(=O)C4C3CC3C(=O)N(CCCCCC(=O)O)C(=O)C32)c1O. The number of para-hydroxylation sites is 1. The van der Waals surface area contributed by atoms with E-state index in [0.29, 0.717) is 62.5 Å². The van der Waals surface area contributed by atoms with E-state index in [2.05, 4.69) is 6.58 Å². The summed E-state index contributed by atoms with van der Waals surface area (Å²) in [6.07, 6.45) is 7.60. The summed E-state index contributed by atoms with van der Waals surface area (Å²) in [5.41, 5.74) is 1.96. The lowest BCUT2D eigenvalue weighted by atomic mass is 9.57. The maximum absolute atomic E-state index is 14.0. The van der Waals surface area contributed by atoms with Crippen LogP contribution in [0.2, 0.25) is 0 Å². The van der Waals surface area contributed by atoms with Gasteiger partial charge < -0.3 is 15.3 Å². The van der Waals surface area contributed by atoms with Crippen molar-refractivity contribution in [2.75, 3.05) is 13.1 Å². The number of hydrogen-bond acceptors (Lipinski definition) is 7. The molecule has 1 saturated carbocycles. The zero-order valence-electron chi connectivity index (χ0n) is 25.9. The third kappa shape index (κ3) is 6.24. The van der Waals surface area contributed by atoms with Gasteiger partial charge in [-0.25, -0.2) is 0 Å². The molecule has 6 unspecified atom stereocenters. The first-order chi connectivity index (χ1) is 22.1. The Morgan fingerprint density at radius 1 is 0.783 bits per heavy atom. The average molecular weight is 635 g/mol. The Labute approximate surface area is 267 Å². The number of nitrogens with zero attached hydrogens (tertiary/aromatic N) is 2. The first-order valence-corrected chi connectivity index (χ1v) is 16.3. The molecule has 1 aromatic carbocycles. The Hall–Kier alpha value is -4.28. The normalized spacial score (nSPS) is 26.9. The monoisotopic (exact) mass is 634 g/mol. The van der Waals surface area contributed by atoms with Crippen molar-refractivity contribution < 1.29 is 44.1 Å². The van der Waals surface area contributed by atoms with Crippen LogP contribution in [-0.2, 0) is 35.2 Å². The van der Waals surface area contributed by atoms with Crippen LogP contribution < -0.4 is 0 Å². The molecule has 2 saturated heterocycles. The Bertz CT molecular complexity index is 1470. The minimum atomic E-state index is -0.897. The fourth-order valence-corrected chi connectivity index (χ4v) is 8.14. The molecule has 11 heteroatoms. The number of benzene rings is 1. The van der Waals surface area contributed by atoms with Gasteiger partial charge in [0.15, 0.2) is 0 Å². The lowest BCUT2D eigenvalue weighted by Crippen LogP contribution is -2.43. The number of phenols is 1. The van der Waals surface area contributed by atoms with Gasteiger partial charge in [0.2, 0.25) is 23.6 Å². The summed E-state index contributed by atoms with van der Waals surface area (Å²) < 4.78 is 0. The number of carboxylic acids is 2. The van der Waals surface area contributed by atoms with E-state index in [9.17, 15) is 33.9 Å². The van der Waals surface area contributed by atoms with E-state index in [1.165, 1.54) is 9.80 Å². The quantitative estimate of drug-likeness (QED) is 0.146. The number of rotatable bonds is 15. The summed E-state index contributed by atoms with van der Waals surface area (Å²) in [4.78, 5) is 79.6. The van der Waals surface area contributed by atoms with Gasteiger partial charge in [0.05, 0.1) is 23.7 Å². The number of phenolic OH excluding ortho intramolecular Hbond substituents is 1. The van der Waals surface area contributed by atoms with Crippen molar-refractivity contribution in [2.24, 2.45) is 29.6 Å². The molecule has 0 bridgehead atoms. The number of aromatic hydroxyl groups is 1. The van der Waals surface area contributed by atoms with Gasteiger partial charge in [0, 0.05) is 37.4 Å². The summed E-state index contributed by atoms with van der Waals surface area (Å²) in [5.74, 6) is -6.83. The van der Waals surface area contributed by atoms with Crippen LogP contribution in [0.1, 0.15) is 81.3 Å². The predicted octanol–water partition coefficient (Wildman–Crippen LogP) is 4.05. The van der Waals surface area contributed by atoms with Gasteiger partial charge in [-0.05, 0) is 56.4 Å². The van der Waals surface area contributed by atoms with Crippen LogP contribution in [0, 0.1) is 29.6 Å². The Kier molecular flexibility index (Phi) is 10.1. The molecule has 2 aliphatic carbocycles. The van der Waals surface area contributed by atoms with E-state index < -0.39 is 47.4 Å². The zero-order valence-corrected chi connectivity index (χ0v) is 25.9. The Morgan fingerprint density at radius 2 is 1.37 bits per heavy atom. The minimum Gasteiger partial charge on any atom is -0.507 e. The maximum Gasteiger partial charge on any atom is 0.303 e. The number of hydrogen-bond donors (Lipinski definition) is 3. The fourth-order valence-electron chi connectivity index (χ4n) is 8.14. The van der Waals surface area contributed by atoms with Gasteiger partial charge in [-0.1, -0.05) is 48.8 Å². The molecule has 4 aliphatic rings. The molecule has 6 atom stereocenters. The number of fused-ring (bicyclic) bond motifs is 4. The molecule has 0 radical (unpaired) electrons. The number of unbranched alkanes of at least 4 members (excludes halogenated alkanes) is 4. The van der Waals surface area contributed by atoms with Crippen LogP contribution in [0.25, 0.3) is 0 Å². The molecule has 4 amide bonds. The third-order valence-corrected chi connectivity index (χ3v) is 10.2. The average Bonchev–Trinajstić information content (AvgIpc) is 3.40. The zero-order chi connectivity index (χ0) is 33.1. The van der Waals surface area contributed by atoms with E-state index >= 15 is 0 Å². The maximum atomic E-state index is 14.0. The van der Waals surface area contributed by atoms with Gasteiger partial charge in [-0.2, -0.15) is 0 Å². The number of carbonyl (C=O) groups is 6. The summed E-state index contributed by atoms with van der Waals surface area (Å²) in [5, 5.41) is 29.3. The van der Waals surface area contributed by atoms with E-state index in [-0.39, 0.29) is 61.7 Å². The van der Waals surface area contributed by atoms with E-state index in [0.717, 1.165) is 5.57 Å². The molecule has 0 aromatic heterocycles. The highest BCUT2D eigenvalue weighted by Crippen LogP contribution is 2.59. The van der Waals surface area contributed by atoms with Crippen LogP contribution in [0.5, 0.6) is 5.75 Å². The van der Waals surface area contributed by atoms with Gasteiger partial charge in [0.25, 0.3) is 0 Å². The molecule has 3 N–H and O–H groups in total. The van der Waals surface area contributed by atoms with E-state index in [4.69, 9.17) is 10.2 Å². The highest BCUT2D eigenvalue weighted by molar-refractivity contribution is 6.08. The number of likely N-dealkylation sites (tertiary alicyclic amines) is 2. The molecule has 0 spiro atoms. The van der Waals surface area contributed by atoms with E-state index in [1.54, 1.807) is 24.3 Å². The molecule has 5 rings (SSSR count). The van der Waals surface area contributed by atoms with Crippen LogP contribution in [0.15, 0.2) is 42.5 Å². The van der Waals surface area contributed by atoms with Gasteiger partial charge in [-0.15, -0.1) is 6.58 Å². The molecule has 3 fully saturated rings. The summed E-state index contributed by atoms with van der Waals surface area (Å²) >= 11 is 0. The van der Waals surface area contributed by atoms with Gasteiger partial charge in [-0.3, -0.25) is 38.6 Å². The standard InChI is InChI=1S/C35H42N2O9/c1-2-10-20-11-9-12-22(31(20)42)28-21-15-16-23-29(34(45)36(32(23)43)17-7-3-5-13-26(38)39)24(21)19-25-30(28)35(46)37(33(25)44)18-8-4-6-14-27(40)41/h2,9,11-12,15,23-25,28-30,42H,1,3-8,10,13-14,16-19H2,(H,38,39)(H,40,41). The summed E-state index contributed by atoms with van der Waals surface area (Å²) in [6.45, 7) is 4.16. The first-order valence-electron chi connectivity index (χ1n) is 16.3. The third-order valence-electron chi connectivity index (χ3n) is 10.2. The molecule has 2 aliphatic heterocycles. The smallest absolute Gasteiger partial charge is 0.303 e. The van der Waals surface area contributed by atoms with Crippen LogP contribution in [0.3, 0.4) is 0 Å². The van der Waals surface area contributed by atoms with Crippen molar-refractivity contribution in [1.82, 2.24) is 9.80 Å². The number of amides is 4. The number of carbonyl (C=O) groups excluding carboxylic acids is 4. The molecular formula is C35H42N2O9. The van der Waals surface area contributed by atoms with Crippen LogP contribution in [-0.4, -0.2) is 73.8 Å². The summed E-state index contributed by atoms with van der Waals surface area (Å²) in [6, 6.07) is 5.34. The number of imide groups is 2. The Morgan fingerprint density at radius 3 is 1.96 bits per heavy atom.